The van der Waals surface area contributed by atoms with Crippen LogP contribution in [0, 0.1) is 25.7 Å². The SMILES string of the molecule is Cc1ccc(C(CC(N=O)c2ccnc(C)c2)c2ccc(Cl)cc2C)cc1. The molecule has 3 rings (SSSR count). The van der Waals surface area contributed by atoms with Crippen LogP contribution in [0.5, 0.6) is 0 Å². The van der Waals surface area contributed by atoms with Gasteiger partial charge in [0, 0.05) is 22.8 Å². The topological polar surface area (TPSA) is 42.3 Å². The van der Waals surface area contributed by atoms with Crippen LogP contribution in [0.4, 0.5) is 0 Å². The fraction of sp³-hybridized carbons (Fsp3) is 0.261. The summed E-state index contributed by atoms with van der Waals surface area (Å²) in [5.41, 5.74) is 6.45. The lowest BCUT2D eigenvalue weighted by Crippen LogP contribution is -2.09. The summed E-state index contributed by atoms with van der Waals surface area (Å²) < 4.78 is 0. The Morgan fingerprint density at radius 2 is 1.70 bits per heavy atom. The number of nitroso groups, excluding NO2 is 1. The Morgan fingerprint density at radius 3 is 2.33 bits per heavy atom. The van der Waals surface area contributed by atoms with Gasteiger partial charge in [0.15, 0.2) is 0 Å². The third-order valence-corrected chi connectivity index (χ3v) is 5.21. The highest BCUT2D eigenvalue weighted by molar-refractivity contribution is 6.30. The van der Waals surface area contributed by atoms with Crippen molar-refractivity contribution in [3.8, 4) is 0 Å². The van der Waals surface area contributed by atoms with Crippen LogP contribution in [0.15, 0.2) is 66.0 Å². The number of halogens is 1. The number of benzene rings is 2. The quantitative estimate of drug-likeness (QED) is 0.448. The van der Waals surface area contributed by atoms with Crippen molar-refractivity contribution in [2.75, 3.05) is 0 Å². The van der Waals surface area contributed by atoms with Crippen LogP contribution in [-0.4, -0.2) is 4.98 Å². The number of hydrogen-bond acceptors (Lipinski definition) is 3. The van der Waals surface area contributed by atoms with Gasteiger partial charge in [0.25, 0.3) is 0 Å². The number of rotatable bonds is 6. The third-order valence-electron chi connectivity index (χ3n) is 4.98. The molecule has 0 fully saturated rings. The standard InChI is InChI=1S/C23H23ClN2O/c1-15-4-6-18(7-5-15)22(21-9-8-20(24)12-16(21)2)14-23(26-27)19-10-11-25-17(3)13-19/h4-13,22-23H,14H2,1-3H3. The first-order valence-corrected chi connectivity index (χ1v) is 9.43. The molecule has 0 aliphatic rings. The lowest BCUT2D eigenvalue weighted by Gasteiger charge is -2.23. The summed E-state index contributed by atoms with van der Waals surface area (Å²) in [5, 5.41) is 4.17. The first-order valence-electron chi connectivity index (χ1n) is 9.05. The van der Waals surface area contributed by atoms with Crippen LogP contribution in [0.2, 0.25) is 5.02 Å². The lowest BCUT2D eigenvalue weighted by molar-refractivity contribution is 0.591. The van der Waals surface area contributed by atoms with Gasteiger partial charge in [-0.3, -0.25) is 4.98 Å². The summed E-state index contributed by atoms with van der Waals surface area (Å²) in [6, 6.07) is 17.8. The maximum Gasteiger partial charge on any atom is 0.118 e. The largest absolute Gasteiger partial charge is 0.262 e. The van der Waals surface area contributed by atoms with Crippen molar-refractivity contribution in [3.63, 3.8) is 0 Å². The van der Waals surface area contributed by atoms with Crippen molar-refractivity contribution in [3.05, 3.63) is 104 Å². The molecule has 1 heterocycles. The average Bonchev–Trinajstić information content (AvgIpc) is 2.64. The minimum atomic E-state index is -0.437. The summed E-state index contributed by atoms with van der Waals surface area (Å²) in [6.45, 7) is 6.05. The number of hydrogen-bond donors (Lipinski definition) is 0. The van der Waals surface area contributed by atoms with Crippen molar-refractivity contribution in [1.29, 1.82) is 0 Å². The molecule has 0 bridgehead atoms. The van der Waals surface area contributed by atoms with Gasteiger partial charge in [-0.2, -0.15) is 4.91 Å². The van der Waals surface area contributed by atoms with Gasteiger partial charge in [-0.1, -0.05) is 52.7 Å². The van der Waals surface area contributed by atoms with E-state index in [2.05, 4.69) is 54.3 Å². The van der Waals surface area contributed by atoms with E-state index in [1.54, 1.807) is 6.20 Å². The summed E-state index contributed by atoms with van der Waals surface area (Å²) in [6.07, 6.45) is 2.33. The van der Waals surface area contributed by atoms with E-state index in [0.717, 1.165) is 16.8 Å². The molecular weight excluding hydrogens is 356 g/mol. The lowest BCUT2D eigenvalue weighted by atomic mass is 9.82. The monoisotopic (exact) mass is 378 g/mol. The maximum atomic E-state index is 11.7. The second kappa shape index (κ2) is 8.45. The van der Waals surface area contributed by atoms with Gasteiger partial charge in [0.1, 0.15) is 6.04 Å². The van der Waals surface area contributed by atoms with Crippen LogP contribution in [-0.2, 0) is 0 Å². The van der Waals surface area contributed by atoms with Gasteiger partial charge < -0.3 is 0 Å². The molecule has 2 atom stereocenters. The molecule has 1 aromatic heterocycles. The van der Waals surface area contributed by atoms with E-state index in [-0.39, 0.29) is 5.92 Å². The second-order valence-electron chi connectivity index (χ2n) is 7.05. The smallest absolute Gasteiger partial charge is 0.118 e. The van der Waals surface area contributed by atoms with Gasteiger partial charge in [-0.15, -0.1) is 0 Å². The number of pyridine rings is 1. The summed E-state index contributed by atoms with van der Waals surface area (Å²) in [4.78, 5) is 15.9. The Hall–Kier alpha value is -2.52. The molecule has 27 heavy (non-hydrogen) atoms. The van der Waals surface area contributed by atoms with Crippen LogP contribution >= 0.6 is 11.6 Å². The molecule has 0 aliphatic carbocycles. The van der Waals surface area contributed by atoms with Crippen molar-refractivity contribution in [2.45, 2.75) is 39.2 Å². The van der Waals surface area contributed by atoms with Crippen molar-refractivity contribution >= 4 is 11.6 Å². The van der Waals surface area contributed by atoms with E-state index in [0.29, 0.717) is 11.4 Å². The zero-order chi connectivity index (χ0) is 19.4. The number of aromatic nitrogens is 1. The Morgan fingerprint density at radius 1 is 0.963 bits per heavy atom. The highest BCUT2D eigenvalue weighted by Gasteiger charge is 2.23. The molecule has 0 amide bonds. The Balaban J connectivity index is 2.03. The fourth-order valence-electron chi connectivity index (χ4n) is 3.51. The van der Waals surface area contributed by atoms with Crippen LogP contribution < -0.4 is 0 Å². The number of nitrogens with zero attached hydrogens (tertiary/aromatic N) is 2. The Kier molecular flexibility index (Phi) is 6.02. The van der Waals surface area contributed by atoms with Crippen LogP contribution in [0.25, 0.3) is 0 Å². The maximum absolute atomic E-state index is 11.7. The Labute approximate surface area is 165 Å². The third kappa shape index (κ3) is 4.61. The van der Waals surface area contributed by atoms with E-state index in [1.807, 2.05) is 31.2 Å². The summed E-state index contributed by atoms with van der Waals surface area (Å²) in [5.74, 6) is 0.0547. The van der Waals surface area contributed by atoms with Gasteiger partial charge in [-0.25, -0.2) is 0 Å². The van der Waals surface area contributed by atoms with E-state index in [4.69, 9.17) is 11.6 Å². The molecule has 2 aromatic carbocycles. The zero-order valence-electron chi connectivity index (χ0n) is 15.8. The van der Waals surface area contributed by atoms with Crippen molar-refractivity contribution in [1.82, 2.24) is 4.98 Å². The minimum Gasteiger partial charge on any atom is -0.262 e. The molecule has 0 spiro atoms. The molecule has 0 N–H and O–H groups in total. The Bertz CT molecular complexity index is 937. The van der Waals surface area contributed by atoms with Crippen molar-refractivity contribution < 1.29 is 0 Å². The van der Waals surface area contributed by atoms with Crippen LogP contribution in [0.1, 0.15) is 51.9 Å². The molecule has 2 unspecified atom stereocenters. The average molecular weight is 379 g/mol. The van der Waals surface area contributed by atoms with Gasteiger partial charge >= 0.3 is 0 Å². The van der Waals surface area contributed by atoms with E-state index in [1.165, 1.54) is 16.7 Å². The number of aryl methyl sites for hydroxylation is 3. The van der Waals surface area contributed by atoms with Gasteiger partial charge in [0.05, 0.1) is 0 Å². The molecule has 4 heteroatoms. The fourth-order valence-corrected chi connectivity index (χ4v) is 3.74. The van der Waals surface area contributed by atoms with E-state index >= 15 is 0 Å². The van der Waals surface area contributed by atoms with Crippen LogP contribution in [0.3, 0.4) is 0 Å². The molecule has 0 radical (unpaired) electrons. The molecule has 138 valence electrons. The molecule has 0 aliphatic heterocycles. The van der Waals surface area contributed by atoms with E-state index < -0.39 is 6.04 Å². The van der Waals surface area contributed by atoms with Gasteiger partial charge in [0.2, 0.25) is 0 Å². The highest BCUT2D eigenvalue weighted by atomic mass is 35.5. The summed E-state index contributed by atoms with van der Waals surface area (Å²) >= 11 is 6.16. The van der Waals surface area contributed by atoms with Gasteiger partial charge in [-0.05, 0) is 73.7 Å². The first-order chi connectivity index (χ1) is 13.0. The zero-order valence-corrected chi connectivity index (χ0v) is 16.6. The molecule has 0 saturated heterocycles. The second-order valence-corrected chi connectivity index (χ2v) is 7.49. The highest BCUT2D eigenvalue weighted by Crippen LogP contribution is 2.37. The van der Waals surface area contributed by atoms with Crippen molar-refractivity contribution in [2.24, 2.45) is 5.18 Å². The molecule has 3 aromatic rings. The predicted molar refractivity (Wildman–Crippen MR) is 111 cm³/mol. The molecular formula is C23H23ClN2O. The first kappa shape index (κ1) is 19.2. The summed E-state index contributed by atoms with van der Waals surface area (Å²) in [7, 11) is 0. The normalized spacial score (nSPS) is 13.2. The molecule has 3 nitrogen and oxygen atoms in total. The van der Waals surface area contributed by atoms with E-state index in [9.17, 15) is 4.91 Å². The minimum absolute atomic E-state index is 0.0547. The molecule has 0 saturated carbocycles. The predicted octanol–water partition coefficient (Wildman–Crippen LogP) is 6.69.